The first-order valence-electron chi connectivity index (χ1n) is 7.30. The molecule has 0 radical (unpaired) electrons. The van der Waals surface area contributed by atoms with Gasteiger partial charge in [0.25, 0.3) is 0 Å². The van der Waals surface area contributed by atoms with Crippen molar-refractivity contribution in [2.24, 2.45) is 23.7 Å². The van der Waals surface area contributed by atoms with E-state index in [-0.39, 0.29) is 0 Å². The second-order valence-electron chi connectivity index (χ2n) is 6.05. The fourth-order valence-corrected chi connectivity index (χ4v) is 2.78. The Kier molecular flexibility index (Phi) is 6.16. The van der Waals surface area contributed by atoms with Gasteiger partial charge in [-0.25, -0.2) is 0 Å². The molecule has 0 amide bonds. The normalized spacial score (nSPS) is 36.6. The fourth-order valence-electron chi connectivity index (χ4n) is 2.78. The molecule has 0 saturated heterocycles. The number of hydrogen-bond donors (Lipinski definition) is 0. The van der Waals surface area contributed by atoms with Crippen molar-refractivity contribution in [1.82, 2.24) is 0 Å². The molecule has 0 bridgehead atoms. The SMILES string of the molecule is CC[C@H](C)[C@H]1CC[C@@H](C)C/C=C/[C@H](C)CC1. The van der Waals surface area contributed by atoms with Gasteiger partial charge in [0.2, 0.25) is 0 Å². The first-order valence-corrected chi connectivity index (χ1v) is 7.30. The molecule has 0 heteroatoms. The van der Waals surface area contributed by atoms with E-state index in [0.29, 0.717) is 0 Å². The van der Waals surface area contributed by atoms with E-state index >= 15 is 0 Å². The van der Waals surface area contributed by atoms with Gasteiger partial charge in [0.1, 0.15) is 0 Å². The zero-order chi connectivity index (χ0) is 12.0. The Morgan fingerprint density at radius 1 is 1.12 bits per heavy atom. The van der Waals surface area contributed by atoms with Gasteiger partial charge in [0.15, 0.2) is 0 Å². The van der Waals surface area contributed by atoms with Crippen LogP contribution in [0.1, 0.15) is 66.2 Å². The lowest BCUT2D eigenvalue weighted by atomic mass is 9.80. The standard InChI is InChI=1S/C16H30/c1-5-15(4)16-11-9-13(2)7-6-8-14(3)10-12-16/h6-7,13-16H,5,8-12H2,1-4H3/b7-6+/t13-,14-,15-,16+/m0/s1. The molecular weight excluding hydrogens is 192 g/mol. The van der Waals surface area contributed by atoms with E-state index in [1.807, 2.05) is 0 Å². The Bertz CT molecular complexity index is 204. The summed E-state index contributed by atoms with van der Waals surface area (Å²) in [6.07, 6.45) is 13.2. The van der Waals surface area contributed by atoms with E-state index in [2.05, 4.69) is 39.8 Å². The maximum Gasteiger partial charge on any atom is -0.0262 e. The van der Waals surface area contributed by atoms with Crippen LogP contribution in [0.5, 0.6) is 0 Å². The van der Waals surface area contributed by atoms with Crippen LogP contribution in [0.25, 0.3) is 0 Å². The van der Waals surface area contributed by atoms with Crippen LogP contribution in [0, 0.1) is 23.7 Å². The average Bonchev–Trinajstić information content (AvgIpc) is 2.28. The molecule has 1 aliphatic carbocycles. The zero-order valence-corrected chi connectivity index (χ0v) is 11.7. The van der Waals surface area contributed by atoms with E-state index in [1.165, 1.54) is 38.5 Å². The van der Waals surface area contributed by atoms with Gasteiger partial charge in [-0.15, -0.1) is 0 Å². The van der Waals surface area contributed by atoms with Crippen molar-refractivity contribution < 1.29 is 0 Å². The third kappa shape index (κ3) is 4.72. The van der Waals surface area contributed by atoms with Gasteiger partial charge in [0.05, 0.1) is 0 Å². The predicted octanol–water partition coefficient (Wildman–Crippen LogP) is 5.44. The van der Waals surface area contributed by atoms with Gasteiger partial charge in [0, 0.05) is 0 Å². The Morgan fingerprint density at radius 3 is 2.50 bits per heavy atom. The summed E-state index contributed by atoms with van der Waals surface area (Å²) in [4.78, 5) is 0. The highest BCUT2D eigenvalue weighted by Gasteiger charge is 2.18. The number of allylic oxidation sites excluding steroid dienone is 2. The molecule has 0 unspecified atom stereocenters. The second-order valence-corrected chi connectivity index (χ2v) is 6.05. The summed E-state index contributed by atoms with van der Waals surface area (Å²) in [5, 5.41) is 0. The van der Waals surface area contributed by atoms with Crippen LogP contribution < -0.4 is 0 Å². The number of hydrogen-bond acceptors (Lipinski definition) is 0. The van der Waals surface area contributed by atoms with E-state index < -0.39 is 0 Å². The van der Waals surface area contributed by atoms with Crippen molar-refractivity contribution in [3.63, 3.8) is 0 Å². The molecule has 1 rings (SSSR count). The summed E-state index contributed by atoms with van der Waals surface area (Å²) >= 11 is 0. The summed E-state index contributed by atoms with van der Waals surface area (Å²) in [5.74, 6) is 3.56. The highest BCUT2D eigenvalue weighted by Crippen LogP contribution is 2.30. The maximum absolute atomic E-state index is 2.45. The summed E-state index contributed by atoms with van der Waals surface area (Å²) in [6.45, 7) is 9.57. The average molecular weight is 222 g/mol. The molecular formula is C16H30. The molecule has 0 N–H and O–H groups in total. The maximum atomic E-state index is 2.45. The molecule has 4 atom stereocenters. The molecule has 0 spiro atoms. The number of rotatable bonds is 2. The van der Waals surface area contributed by atoms with Gasteiger partial charge in [-0.2, -0.15) is 0 Å². The zero-order valence-electron chi connectivity index (χ0n) is 11.7. The summed E-state index contributed by atoms with van der Waals surface area (Å²) < 4.78 is 0. The molecule has 94 valence electrons. The van der Waals surface area contributed by atoms with E-state index in [4.69, 9.17) is 0 Å². The molecule has 16 heavy (non-hydrogen) atoms. The Balaban J connectivity index is 2.56. The summed E-state index contributed by atoms with van der Waals surface area (Å²) in [7, 11) is 0. The summed E-state index contributed by atoms with van der Waals surface area (Å²) in [5.41, 5.74) is 0. The van der Waals surface area contributed by atoms with Crippen molar-refractivity contribution in [3.8, 4) is 0 Å². The van der Waals surface area contributed by atoms with E-state index in [9.17, 15) is 0 Å². The van der Waals surface area contributed by atoms with Crippen molar-refractivity contribution >= 4 is 0 Å². The molecule has 1 aliphatic rings. The fraction of sp³-hybridized carbons (Fsp3) is 0.875. The first kappa shape index (κ1) is 13.8. The largest absolute Gasteiger partial charge is 0.0880 e. The van der Waals surface area contributed by atoms with E-state index in [1.54, 1.807) is 0 Å². The van der Waals surface area contributed by atoms with Crippen LogP contribution in [0.4, 0.5) is 0 Å². The van der Waals surface area contributed by atoms with Gasteiger partial charge in [-0.3, -0.25) is 0 Å². The molecule has 0 nitrogen and oxygen atoms in total. The smallest absolute Gasteiger partial charge is 0.0262 e. The lowest BCUT2D eigenvalue weighted by Gasteiger charge is -2.26. The minimum Gasteiger partial charge on any atom is -0.0880 e. The molecule has 0 fully saturated rings. The van der Waals surface area contributed by atoms with Crippen molar-refractivity contribution in [3.05, 3.63) is 12.2 Å². The molecule has 0 heterocycles. The Labute approximate surface area is 103 Å². The highest BCUT2D eigenvalue weighted by atomic mass is 14.2. The van der Waals surface area contributed by atoms with Crippen LogP contribution in [0.15, 0.2) is 12.2 Å². The van der Waals surface area contributed by atoms with Crippen LogP contribution in [-0.2, 0) is 0 Å². The van der Waals surface area contributed by atoms with Crippen LogP contribution >= 0.6 is 0 Å². The van der Waals surface area contributed by atoms with Gasteiger partial charge >= 0.3 is 0 Å². The first-order chi connectivity index (χ1) is 7.63. The second kappa shape index (κ2) is 7.14. The lowest BCUT2D eigenvalue weighted by Crippen LogP contribution is -2.14. The Hall–Kier alpha value is -0.260. The molecule has 0 aliphatic heterocycles. The predicted molar refractivity (Wildman–Crippen MR) is 73.5 cm³/mol. The molecule has 0 aromatic heterocycles. The van der Waals surface area contributed by atoms with Gasteiger partial charge in [-0.1, -0.05) is 52.7 Å². The van der Waals surface area contributed by atoms with Crippen LogP contribution in [-0.4, -0.2) is 0 Å². The molecule has 0 saturated carbocycles. The topological polar surface area (TPSA) is 0 Å². The van der Waals surface area contributed by atoms with Gasteiger partial charge < -0.3 is 0 Å². The monoisotopic (exact) mass is 222 g/mol. The quantitative estimate of drug-likeness (QED) is 0.546. The third-order valence-corrected chi connectivity index (χ3v) is 4.47. The highest BCUT2D eigenvalue weighted by molar-refractivity contribution is 4.89. The van der Waals surface area contributed by atoms with Crippen molar-refractivity contribution in [1.29, 1.82) is 0 Å². The third-order valence-electron chi connectivity index (χ3n) is 4.47. The van der Waals surface area contributed by atoms with E-state index in [0.717, 1.165) is 23.7 Å². The van der Waals surface area contributed by atoms with Crippen molar-refractivity contribution in [2.45, 2.75) is 66.2 Å². The minimum atomic E-state index is 0.789. The minimum absolute atomic E-state index is 0.789. The molecule has 0 aromatic rings. The summed E-state index contributed by atoms with van der Waals surface area (Å²) in [6, 6.07) is 0. The van der Waals surface area contributed by atoms with Crippen molar-refractivity contribution in [2.75, 3.05) is 0 Å². The Morgan fingerprint density at radius 2 is 1.81 bits per heavy atom. The lowest BCUT2D eigenvalue weighted by molar-refractivity contribution is 0.269. The van der Waals surface area contributed by atoms with Crippen LogP contribution in [0.3, 0.4) is 0 Å². The molecule has 0 aromatic carbocycles. The van der Waals surface area contributed by atoms with Gasteiger partial charge in [-0.05, 0) is 49.4 Å². The van der Waals surface area contributed by atoms with Crippen LogP contribution in [0.2, 0.25) is 0 Å².